The van der Waals surface area contributed by atoms with Crippen LogP contribution in [0.1, 0.15) is 71.9 Å². The number of thioether (sulfide) groups is 1. The minimum atomic E-state index is -5.57. The molecule has 1 aliphatic heterocycles. The van der Waals surface area contributed by atoms with Gasteiger partial charge in [0.2, 0.25) is 16.9 Å². The maximum Gasteiger partial charge on any atom is 0.481 e. The number of anilines is 1. The van der Waals surface area contributed by atoms with Gasteiger partial charge in [-0.15, -0.1) is 0 Å². The number of nitrogens with zero attached hydrogens (tertiary/aromatic N) is 4. The molecule has 0 aromatic carbocycles. The number of aliphatic hydroxyl groups excluding tert-OH is 2. The third-order valence-corrected chi connectivity index (χ3v) is 12.6. The number of allylic oxidation sites excluding steroid dienone is 3. The Balaban J connectivity index is 1.41. The lowest BCUT2D eigenvalue weighted by Crippen LogP contribution is -2.46. The summed E-state index contributed by atoms with van der Waals surface area (Å²) in [6.45, 7) is 2.64. The first-order valence-corrected chi connectivity index (χ1v) is 24.4. The van der Waals surface area contributed by atoms with E-state index in [9.17, 15) is 57.9 Å². The second kappa shape index (κ2) is 24.2. The van der Waals surface area contributed by atoms with Crippen LogP contribution < -0.4 is 16.4 Å². The molecule has 7 unspecified atom stereocenters. The van der Waals surface area contributed by atoms with Crippen LogP contribution in [0.5, 0.6) is 0 Å². The SMILES string of the molecule is CCCCCCC=CCC=CC(=O)SCCNC(=O)CCNC(=O)C(O)C(C)(C)COP(=O)(O)OP(=O)(O)OCC1OC(n2cnc3c(N)ncnc32)C(O)C1OP(=O)(O)O. The average molecular weight is 946 g/mol. The van der Waals surface area contributed by atoms with Crippen LogP contribution in [0.15, 0.2) is 37.0 Å². The first-order valence-electron chi connectivity index (χ1n) is 18.9. The average Bonchev–Trinajstić information content (AvgIpc) is 3.73. The molecule has 24 nitrogen and oxygen atoms in total. The molecule has 1 fully saturated rings. The molecular weight excluding hydrogens is 891 g/mol. The standard InChI is InChI=1S/C33H54N7O17P3S/c1-4-5-6-7-8-9-10-11-12-13-24(42)61-17-16-35-23(41)14-15-36-31(45)28(44)33(2,3)19-54-60(51,52)57-59(49,50)53-18-22-27(56-58(46,47)48)26(43)32(55-22)40-21-39-25-29(34)37-20-38-30(25)40/h9-10,12-13,20-22,26-28,32,43-44H,4-8,11,14-19H2,1-3H3,(H,35,41)(H,36,45)(H,49,50)(H,51,52)(H2,34,37,38)(H2,46,47,48). The number of ether oxygens (including phenoxy) is 1. The van der Waals surface area contributed by atoms with Crippen molar-refractivity contribution in [3.63, 3.8) is 0 Å². The highest BCUT2D eigenvalue weighted by atomic mass is 32.2. The van der Waals surface area contributed by atoms with Crippen LogP contribution in [0.2, 0.25) is 0 Å². The monoisotopic (exact) mass is 945 g/mol. The van der Waals surface area contributed by atoms with E-state index in [1.165, 1.54) is 39.2 Å². The largest absolute Gasteiger partial charge is 0.481 e. The fraction of sp³-hybridized carbons (Fsp3) is 0.636. The van der Waals surface area contributed by atoms with Gasteiger partial charge < -0.3 is 50.9 Å². The highest BCUT2D eigenvalue weighted by molar-refractivity contribution is 8.14. The lowest BCUT2D eigenvalue weighted by atomic mass is 9.87. The lowest BCUT2D eigenvalue weighted by molar-refractivity contribution is -0.137. The van der Waals surface area contributed by atoms with E-state index in [-0.39, 0.29) is 41.6 Å². The zero-order valence-electron chi connectivity index (χ0n) is 33.6. The number of nitrogens with one attached hydrogen (secondary N) is 2. The van der Waals surface area contributed by atoms with E-state index < -0.39 is 84.6 Å². The second-order valence-corrected chi connectivity index (χ2v) is 19.5. The predicted molar refractivity (Wildman–Crippen MR) is 219 cm³/mol. The molecule has 2 amide bonds. The fourth-order valence-corrected chi connectivity index (χ4v) is 8.90. The Morgan fingerprint density at radius 3 is 2.44 bits per heavy atom. The van der Waals surface area contributed by atoms with Crippen LogP contribution in [-0.4, -0.2) is 123 Å². The van der Waals surface area contributed by atoms with E-state index in [2.05, 4.69) is 47.4 Å². The smallest absolute Gasteiger partial charge is 0.386 e. The van der Waals surface area contributed by atoms with Crippen molar-refractivity contribution in [2.24, 2.45) is 5.41 Å². The number of unbranched alkanes of at least 4 members (excludes halogenated alkanes) is 4. The summed E-state index contributed by atoms with van der Waals surface area (Å²) >= 11 is 1.04. The molecule has 0 aliphatic carbocycles. The Kier molecular flexibility index (Phi) is 20.8. The molecule has 0 bridgehead atoms. The molecule has 10 N–H and O–H groups in total. The third-order valence-electron chi connectivity index (χ3n) is 8.66. The molecule has 1 saturated heterocycles. The van der Waals surface area contributed by atoms with Crippen molar-refractivity contribution < 1.29 is 80.5 Å². The minimum absolute atomic E-state index is 0.0304. The molecular formula is C33H54N7O17P3S. The van der Waals surface area contributed by atoms with Crippen LogP contribution in [0.4, 0.5) is 5.82 Å². The summed E-state index contributed by atoms with van der Waals surface area (Å²) in [4.78, 5) is 87.8. The number of carbonyl (C=O) groups excluding carboxylic acids is 3. The zero-order chi connectivity index (χ0) is 45.4. The number of phosphoric ester groups is 3. The molecule has 344 valence electrons. The van der Waals surface area contributed by atoms with E-state index >= 15 is 0 Å². The lowest BCUT2D eigenvalue weighted by Gasteiger charge is -2.30. The number of carbonyl (C=O) groups is 3. The van der Waals surface area contributed by atoms with Crippen LogP contribution in [0, 0.1) is 5.41 Å². The number of hydrogen-bond acceptors (Lipinski definition) is 18. The summed E-state index contributed by atoms with van der Waals surface area (Å²) in [5.74, 6) is -1.13. The number of phosphoric acid groups is 3. The Bertz CT molecular complexity index is 1980. The maximum absolute atomic E-state index is 12.7. The number of fused-ring (bicyclic) bond motifs is 1. The Morgan fingerprint density at radius 1 is 1.02 bits per heavy atom. The van der Waals surface area contributed by atoms with Crippen LogP contribution in [0.25, 0.3) is 11.2 Å². The van der Waals surface area contributed by atoms with Crippen molar-refractivity contribution in [3.8, 4) is 0 Å². The summed E-state index contributed by atoms with van der Waals surface area (Å²) < 4.78 is 62.2. The van der Waals surface area contributed by atoms with Crippen molar-refractivity contribution >= 4 is 69.1 Å². The summed E-state index contributed by atoms with van der Waals surface area (Å²) in [5.41, 5.74) is 4.27. The van der Waals surface area contributed by atoms with Crippen molar-refractivity contribution in [1.82, 2.24) is 30.2 Å². The zero-order valence-corrected chi connectivity index (χ0v) is 37.1. The summed E-state index contributed by atoms with van der Waals surface area (Å²) in [6, 6.07) is 0. The molecule has 28 heteroatoms. The number of aromatic nitrogens is 4. The van der Waals surface area contributed by atoms with Crippen molar-refractivity contribution in [3.05, 3.63) is 37.0 Å². The molecule has 61 heavy (non-hydrogen) atoms. The number of aliphatic hydroxyl groups is 2. The van der Waals surface area contributed by atoms with E-state index in [0.717, 1.165) is 41.8 Å². The predicted octanol–water partition coefficient (Wildman–Crippen LogP) is 2.14. The van der Waals surface area contributed by atoms with E-state index in [0.29, 0.717) is 12.2 Å². The van der Waals surface area contributed by atoms with Crippen molar-refractivity contribution in [1.29, 1.82) is 0 Å². The number of nitrogens with two attached hydrogens (primary N) is 1. The normalized spacial score (nSPS) is 21.1. The summed E-state index contributed by atoms with van der Waals surface area (Å²) in [5, 5.41) is 26.3. The van der Waals surface area contributed by atoms with Gasteiger partial charge in [0.25, 0.3) is 0 Å². The molecule has 0 spiro atoms. The first kappa shape index (κ1) is 52.4. The molecule has 3 heterocycles. The number of rotatable bonds is 27. The number of nitrogen functional groups attached to an aromatic ring is 1. The van der Waals surface area contributed by atoms with Crippen LogP contribution >= 0.6 is 35.2 Å². The topological polar surface area (TPSA) is 364 Å². The van der Waals surface area contributed by atoms with Gasteiger partial charge in [0.15, 0.2) is 17.7 Å². The van der Waals surface area contributed by atoms with Gasteiger partial charge in [-0.1, -0.05) is 70.0 Å². The minimum Gasteiger partial charge on any atom is -0.386 e. The van der Waals surface area contributed by atoms with Gasteiger partial charge in [-0.05, 0) is 25.3 Å². The highest BCUT2D eigenvalue weighted by Crippen LogP contribution is 2.61. The Morgan fingerprint density at radius 2 is 1.74 bits per heavy atom. The van der Waals surface area contributed by atoms with Gasteiger partial charge in [-0.25, -0.2) is 28.6 Å². The van der Waals surface area contributed by atoms with Gasteiger partial charge in [0.05, 0.1) is 19.5 Å². The molecule has 3 rings (SSSR count). The molecule has 7 atom stereocenters. The first-order chi connectivity index (χ1) is 28.6. The van der Waals surface area contributed by atoms with E-state index in [1.54, 1.807) is 6.08 Å². The van der Waals surface area contributed by atoms with Gasteiger partial charge >= 0.3 is 23.5 Å². The maximum atomic E-state index is 12.7. The number of amides is 2. The van der Waals surface area contributed by atoms with Gasteiger partial charge in [-0.3, -0.25) is 32.5 Å². The fourth-order valence-electron chi connectivity index (χ4n) is 5.48. The Labute approximate surface area is 355 Å². The highest BCUT2D eigenvalue weighted by Gasteiger charge is 2.50. The molecule has 2 aromatic rings. The van der Waals surface area contributed by atoms with Crippen LogP contribution in [-0.2, 0) is 50.7 Å². The van der Waals surface area contributed by atoms with Crippen molar-refractivity contribution in [2.45, 2.75) is 96.4 Å². The van der Waals surface area contributed by atoms with Gasteiger partial charge in [0, 0.05) is 30.7 Å². The molecule has 0 saturated carbocycles. The van der Waals surface area contributed by atoms with Crippen molar-refractivity contribution in [2.75, 3.05) is 37.8 Å². The molecule has 2 aromatic heterocycles. The van der Waals surface area contributed by atoms with Gasteiger partial charge in [-0.2, -0.15) is 4.31 Å². The van der Waals surface area contributed by atoms with E-state index in [1.807, 2.05) is 6.08 Å². The number of hydrogen-bond donors (Lipinski definition) is 9. The third kappa shape index (κ3) is 18.0. The summed E-state index contributed by atoms with van der Waals surface area (Å²) in [7, 11) is -16.4. The van der Waals surface area contributed by atoms with E-state index in [4.69, 9.17) is 19.5 Å². The number of imidazole rings is 1. The Hall–Kier alpha value is -2.96. The van der Waals surface area contributed by atoms with Gasteiger partial charge in [0.1, 0.15) is 36.3 Å². The second-order valence-electron chi connectivity index (χ2n) is 14.2. The van der Waals surface area contributed by atoms with Crippen LogP contribution in [0.3, 0.4) is 0 Å². The molecule has 0 radical (unpaired) electrons. The summed E-state index contributed by atoms with van der Waals surface area (Å²) in [6.07, 6.45) is 6.88. The molecule has 1 aliphatic rings. The quantitative estimate of drug-likeness (QED) is 0.0268.